The smallest absolute Gasteiger partial charge is 0.250 e. The van der Waals surface area contributed by atoms with Crippen LogP contribution >= 0.6 is 34.8 Å². The number of halogens is 1. The molecule has 0 aliphatic rings. The van der Waals surface area contributed by atoms with E-state index in [4.69, 9.17) is 21.7 Å². The van der Waals surface area contributed by atoms with Crippen molar-refractivity contribution in [3.05, 3.63) is 57.7 Å². The number of anilines is 1. The number of carbonyl (C=O) groups is 1. The number of benzene rings is 2. The van der Waals surface area contributed by atoms with Gasteiger partial charge in [-0.05, 0) is 70.7 Å². The maximum atomic E-state index is 12.0. The molecule has 2 N–H and O–H groups in total. The number of rotatable bonds is 5. The lowest BCUT2D eigenvalue weighted by molar-refractivity contribution is -0.115. The first-order chi connectivity index (χ1) is 12.0. The average Bonchev–Trinajstić information content (AvgIpc) is 2.61. The maximum absolute atomic E-state index is 12.0. The molecule has 0 heterocycles. The Hall–Kier alpha value is -2.13. The first kappa shape index (κ1) is 19.2. The van der Waals surface area contributed by atoms with Gasteiger partial charge < -0.3 is 14.8 Å². The van der Waals surface area contributed by atoms with E-state index in [1.165, 1.54) is 6.08 Å². The summed E-state index contributed by atoms with van der Waals surface area (Å²) in [6.07, 6.45) is 3.08. The summed E-state index contributed by atoms with van der Waals surface area (Å²) in [4.78, 5) is 12.0. The minimum absolute atomic E-state index is 0.242. The molecule has 0 spiro atoms. The van der Waals surface area contributed by atoms with Gasteiger partial charge in [-0.2, -0.15) is 0 Å². The minimum Gasteiger partial charge on any atom is -0.493 e. The van der Waals surface area contributed by atoms with Crippen LogP contribution < -0.4 is 20.1 Å². The van der Waals surface area contributed by atoms with Crippen molar-refractivity contribution in [2.75, 3.05) is 19.5 Å². The normalized spacial score (nSPS) is 10.4. The van der Waals surface area contributed by atoms with Gasteiger partial charge >= 0.3 is 0 Å². The van der Waals surface area contributed by atoms with E-state index in [1.807, 2.05) is 30.3 Å². The standard InChI is InChI=1S/C18H17IN2O3S/c1-23-15-9-7-12(11-16(15)24-2)8-10-17(22)21-18(25)20-14-6-4-3-5-13(14)19/h3-11H,1-2H3,(H2,20,21,22,25)/b10-8+. The molecule has 0 bridgehead atoms. The lowest BCUT2D eigenvalue weighted by Gasteiger charge is -2.09. The van der Waals surface area contributed by atoms with Gasteiger partial charge in [0.05, 0.1) is 19.9 Å². The Labute approximate surface area is 165 Å². The van der Waals surface area contributed by atoms with E-state index in [-0.39, 0.29) is 11.0 Å². The second-order valence-corrected chi connectivity index (χ2v) is 6.44. The Morgan fingerprint density at radius 1 is 1.12 bits per heavy atom. The molecule has 1 amide bonds. The van der Waals surface area contributed by atoms with Crippen molar-refractivity contribution in [1.29, 1.82) is 0 Å². The highest BCUT2D eigenvalue weighted by Gasteiger charge is 2.05. The van der Waals surface area contributed by atoms with E-state index >= 15 is 0 Å². The zero-order chi connectivity index (χ0) is 18.2. The van der Waals surface area contributed by atoms with Gasteiger partial charge in [-0.3, -0.25) is 10.1 Å². The summed E-state index contributed by atoms with van der Waals surface area (Å²) in [6, 6.07) is 13.1. The highest BCUT2D eigenvalue weighted by atomic mass is 127. The highest BCUT2D eigenvalue weighted by Crippen LogP contribution is 2.27. The molecule has 0 aromatic heterocycles. The Morgan fingerprint density at radius 3 is 2.52 bits per heavy atom. The molecule has 130 valence electrons. The molecule has 0 saturated heterocycles. The Morgan fingerprint density at radius 2 is 1.84 bits per heavy atom. The second-order valence-electron chi connectivity index (χ2n) is 4.87. The summed E-state index contributed by atoms with van der Waals surface area (Å²) in [7, 11) is 3.13. The van der Waals surface area contributed by atoms with Crippen LogP contribution in [0, 0.1) is 3.57 Å². The maximum Gasteiger partial charge on any atom is 0.250 e. The van der Waals surface area contributed by atoms with Crippen molar-refractivity contribution in [3.63, 3.8) is 0 Å². The largest absolute Gasteiger partial charge is 0.493 e. The van der Waals surface area contributed by atoms with Crippen molar-refractivity contribution >= 4 is 57.6 Å². The van der Waals surface area contributed by atoms with Crippen LogP contribution in [0.15, 0.2) is 48.5 Å². The first-order valence-corrected chi connectivity index (χ1v) is 8.79. The molecule has 0 atom stereocenters. The van der Waals surface area contributed by atoms with Gasteiger partial charge in [0.15, 0.2) is 16.6 Å². The predicted molar refractivity (Wildman–Crippen MR) is 112 cm³/mol. The van der Waals surface area contributed by atoms with E-state index in [0.717, 1.165) is 14.8 Å². The summed E-state index contributed by atoms with van der Waals surface area (Å²) >= 11 is 7.35. The Kier molecular flexibility index (Phi) is 7.20. The SMILES string of the molecule is COc1ccc(/C=C/C(=O)NC(=S)Nc2ccccc2I)cc1OC. The molecule has 0 fully saturated rings. The molecular weight excluding hydrogens is 451 g/mol. The number of thiocarbonyl (C=S) groups is 1. The summed E-state index contributed by atoms with van der Waals surface area (Å²) in [5.74, 6) is 0.908. The highest BCUT2D eigenvalue weighted by molar-refractivity contribution is 14.1. The van der Waals surface area contributed by atoms with E-state index in [1.54, 1.807) is 32.4 Å². The van der Waals surface area contributed by atoms with Crippen molar-refractivity contribution in [1.82, 2.24) is 5.32 Å². The van der Waals surface area contributed by atoms with Gasteiger partial charge in [-0.15, -0.1) is 0 Å². The van der Waals surface area contributed by atoms with Crippen LogP contribution in [-0.2, 0) is 4.79 Å². The predicted octanol–water partition coefficient (Wildman–Crippen LogP) is 3.83. The molecule has 0 unspecified atom stereocenters. The summed E-state index contributed by atoms with van der Waals surface area (Å²) in [5.41, 5.74) is 1.65. The van der Waals surface area contributed by atoms with Gasteiger partial charge in [0, 0.05) is 9.65 Å². The molecule has 7 heteroatoms. The summed E-state index contributed by atoms with van der Waals surface area (Å²) in [5, 5.41) is 5.85. The first-order valence-electron chi connectivity index (χ1n) is 7.30. The molecule has 0 saturated carbocycles. The number of nitrogens with one attached hydrogen (secondary N) is 2. The zero-order valence-corrected chi connectivity index (χ0v) is 16.7. The van der Waals surface area contributed by atoms with Gasteiger partial charge in [0.1, 0.15) is 0 Å². The number of para-hydroxylation sites is 1. The molecule has 25 heavy (non-hydrogen) atoms. The van der Waals surface area contributed by atoms with Crippen molar-refractivity contribution in [2.45, 2.75) is 0 Å². The Balaban J connectivity index is 1.96. The van der Waals surface area contributed by atoms with Gasteiger partial charge in [-0.25, -0.2) is 0 Å². The van der Waals surface area contributed by atoms with Gasteiger partial charge in [0.2, 0.25) is 5.91 Å². The van der Waals surface area contributed by atoms with Crippen molar-refractivity contribution in [3.8, 4) is 11.5 Å². The van der Waals surface area contributed by atoms with Crippen LogP contribution in [0.25, 0.3) is 6.08 Å². The van der Waals surface area contributed by atoms with Crippen LogP contribution in [0.3, 0.4) is 0 Å². The molecular formula is C18H17IN2O3S. The van der Waals surface area contributed by atoms with Crippen molar-refractivity contribution < 1.29 is 14.3 Å². The van der Waals surface area contributed by atoms with E-state index in [2.05, 4.69) is 33.2 Å². The number of hydrogen-bond donors (Lipinski definition) is 2. The average molecular weight is 468 g/mol. The molecule has 5 nitrogen and oxygen atoms in total. The number of methoxy groups -OCH3 is 2. The van der Waals surface area contributed by atoms with Crippen LogP contribution in [0.1, 0.15) is 5.56 Å². The molecule has 2 aromatic rings. The third-order valence-electron chi connectivity index (χ3n) is 3.19. The fraction of sp³-hybridized carbons (Fsp3) is 0.111. The molecule has 0 aliphatic carbocycles. The van der Waals surface area contributed by atoms with E-state index < -0.39 is 0 Å². The second kappa shape index (κ2) is 9.38. The molecule has 0 radical (unpaired) electrons. The van der Waals surface area contributed by atoms with Gasteiger partial charge in [0.25, 0.3) is 0 Å². The van der Waals surface area contributed by atoms with Gasteiger partial charge in [-0.1, -0.05) is 18.2 Å². The van der Waals surface area contributed by atoms with E-state index in [9.17, 15) is 4.79 Å². The fourth-order valence-corrected chi connectivity index (χ4v) is 2.73. The number of carbonyl (C=O) groups excluding carboxylic acids is 1. The lowest BCUT2D eigenvalue weighted by atomic mass is 10.2. The molecule has 0 aliphatic heterocycles. The van der Waals surface area contributed by atoms with Crippen LogP contribution in [0.2, 0.25) is 0 Å². The van der Waals surface area contributed by atoms with Crippen LogP contribution in [-0.4, -0.2) is 25.2 Å². The fourth-order valence-electron chi connectivity index (χ4n) is 2.00. The topological polar surface area (TPSA) is 59.6 Å². The number of ether oxygens (including phenoxy) is 2. The third-order valence-corrected chi connectivity index (χ3v) is 4.34. The van der Waals surface area contributed by atoms with Crippen LogP contribution in [0.5, 0.6) is 11.5 Å². The van der Waals surface area contributed by atoms with Crippen LogP contribution in [0.4, 0.5) is 5.69 Å². The quantitative estimate of drug-likeness (QED) is 0.397. The summed E-state index contributed by atoms with van der Waals surface area (Å²) in [6.45, 7) is 0. The Bertz CT molecular complexity index is 809. The molecule has 2 aromatic carbocycles. The third kappa shape index (κ3) is 5.71. The van der Waals surface area contributed by atoms with Crippen molar-refractivity contribution in [2.24, 2.45) is 0 Å². The zero-order valence-electron chi connectivity index (χ0n) is 13.7. The lowest BCUT2D eigenvalue weighted by Crippen LogP contribution is -2.33. The van der Waals surface area contributed by atoms with E-state index in [0.29, 0.717) is 11.5 Å². The molecule has 2 rings (SSSR count). The minimum atomic E-state index is -0.321. The number of hydrogen-bond acceptors (Lipinski definition) is 4. The number of amides is 1. The monoisotopic (exact) mass is 468 g/mol. The summed E-state index contributed by atoms with van der Waals surface area (Å²) < 4.78 is 11.4.